The molecule has 112 valence electrons. The van der Waals surface area contributed by atoms with Crippen molar-refractivity contribution in [1.29, 1.82) is 0 Å². The van der Waals surface area contributed by atoms with Gasteiger partial charge in [0.1, 0.15) is 0 Å². The molecule has 1 atom stereocenters. The molecule has 21 heavy (non-hydrogen) atoms. The van der Waals surface area contributed by atoms with Gasteiger partial charge in [0.15, 0.2) is 0 Å². The summed E-state index contributed by atoms with van der Waals surface area (Å²) in [6.45, 7) is 3.97. The number of benzene rings is 2. The van der Waals surface area contributed by atoms with Crippen molar-refractivity contribution < 1.29 is 8.42 Å². The van der Waals surface area contributed by atoms with Gasteiger partial charge in [-0.3, -0.25) is 0 Å². The van der Waals surface area contributed by atoms with Gasteiger partial charge in [-0.25, -0.2) is 13.6 Å². The van der Waals surface area contributed by atoms with Crippen molar-refractivity contribution in [3.63, 3.8) is 0 Å². The second kappa shape index (κ2) is 6.05. The maximum absolute atomic E-state index is 11.2. The van der Waals surface area contributed by atoms with E-state index < -0.39 is 10.0 Å². The van der Waals surface area contributed by atoms with Crippen LogP contribution >= 0.6 is 11.6 Å². The molecule has 4 nitrogen and oxygen atoms in total. The van der Waals surface area contributed by atoms with E-state index in [9.17, 15) is 8.42 Å². The third-order valence-electron chi connectivity index (χ3n) is 3.20. The molecular formula is C15H17ClN2O2S. The summed E-state index contributed by atoms with van der Waals surface area (Å²) in [5.41, 5.74) is 2.90. The summed E-state index contributed by atoms with van der Waals surface area (Å²) in [7, 11) is -3.66. The summed E-state index contributed by atoms with van der Waals surface area (Å²) in [6.07, 6.45) is 0. The lowest BCUT2D eigenvalue weighted by Crippen LogP contribution is -2.12. The minimum absolute atomic E-state index is 0.0150. The second-order valence-corrected chi connectivity index (χ2v) is 6.93. The molecule has 2 aromatic rings. The average molecular weight is 325 g/mol. The first-order valence-corrected chi connectivity index (χ1v) is 8.35. The molecule has 0 bridgehead atoms. The maximum atomic E-state index is 11.2. The van der Waals surface area contributed by atoms with E-state index in [0.29, 0.717) is 5.02 Å². The van der Waals surface area contributed by atoms with Crippen molar-refractivity contribution in [3.8, 4) is 0 Å². The largest absolute Gasteiger partial charge is 0.377 e. The van der Waals surface area contributed by atoms with Crippen LogP contribution < -0.4 is 10.5 Å². The zero-order valence-corrected chi connectivity index (χ0v) is 13.4. The lowest BCUT2D eigenvalue weighted by Gasteiger charge is -2.17. The molecule has 0 aliphatic heterocycles. The molecule has 0 heterocycles. The average Bonchev–Trinajstić information content (AvgIpc) is 2.42. The zero-order chi connectivity index (χ0) is 15.6. The van der Waals surface area contributed by atoms with E-state index in [1.54, 1.807) is 12.1 Å². The summed E-state index contributed by atoms with van der Waals surface area (Å²) >= 11 is 6.15. The number of nitrogens with two attached hydrogens (primary N) is 1. The van der Waals surface area contributed by atoms with Gasteiger partial charge in [0.05, 0.1) is 15.6 Å². The van der Waals surface area contributed by atoms with Gasteiger partial charge in [0, 0.05) is 6.04 Å². The van der Waals surface area contributed by atoms with Crippen LogP contribution in [0.25, 0.3) is 0 Å². The molecule has 0 aliphatic rings. The number of rotatable bonds is 4. The predicted octanol–water partition coefficient (Wildman–Crippen LogP) is 3.47. The first kappa shape index (κ1) is 15.8. The standard InChI is InChI=1S/C15H17ClN2O2S/c1-10-3-8-14(16)15(9-10)18-11(2)12-4-6-13(7-5-12)21(17,19)20/h3-9,11,18H,1-2H3,(H2,17,19,20). The van der Waals surface area contributed by atoms with Crippen molar-refractivity contribution in [2.24, 2.45) is 5.14 Å². The van der Waals surface area contributed by atoms with Gasteiger partial charge in [0.25, 0.3) is 0 Å². The Bertz CT molecular complexity index is 743. The molecule has 0 saturated heterocycles. The third-order valence-corrected chi connectivity index (χ3v) is 4.46. The van der Waals surface area contributed by atoms with Crippen LogP contribution in [0.1, 0.15) is 24.1 Å². The van der Waals surface area contributed by atoms with Gasteiger partial charge in [-0.1, -0.05) is 29.8 Å². The highest BCUT2D eigenvalue weighted by molar-refractivity contribution is 7.89. The number of aryl methyl sites for hydroxylation is 1. The van der Waals surface area contributed by atoms with Gasteiger partial charge in [-0.2, -0.15) is 0 Å². The predicted molar refractivity (Wildman–Crippen MR) is 86.0 cm³/mol. The Morgan fingerprint density at radius 2 is 1.76 bits per heavy atom. The maximum Gasteiger partial charge on any atom is 0.238 e. The summed E-state index contributed by atoms with van der Waals surface area (Å²) in [5.74, 6) is 0. The molecule has 0 fully saturated rings. The molecule has 0 radical (unpaired) electrons. The smallest absolute Gasteiger partial charge is 0.238 e. The highest BCUT2D eigenvalue weighted by Gasteiger charge is 2.11. The van der Waals surface area contributed by atoms with E-state index in [1.807, 2.05) is 32.0 Å². The Morgan fingerprint density at radius 1 is 1.14 bits per heavy atom. The van der Waals surface area contributed by atoms with Crippen molar-refractivity contribution in [1.82, 2.24) is 0 Å². The van der Waals surface area contributed by atoms with Gasteiger partial charge >= 0.3 is 0 Å². The van der Waals surface area contributed by atoms with Crippen LogP contribution in [0.2, 0.25) is 5.02 Å². The number of primary sulfonamides is 1. The number of sulfonamides is 1. The number of hydrogen-bond acceptors (Lipinski definition) is 3. The molecule has 6 heteroatoms. The molecule has 0 spiro atoms. The monoisotopic (exact) mass is 324 g/mol. The van der Waals surface area contributed by atoms with Crippen molar-refractivity contribution in [2.75, 3.05) is 5.32 Å². The zero-order valence-electron chi connectivity index (χ0n) is 11.8. The van der Waals surface area contributed by atoms with Crippen LogP contribution in [0, 0.1) is 6.92 Å². The van der Waals surface area contributed by atoms with Gasteiger partial charge < -0.3 is 5.32 Å². The Labute approximate surface area is 130 Å². The van der Waals surface area contributed by atoms with Crippen molar-refractivity contribution in [3.05, 3.63) is 58.6 Å². The van der Waals surface area contributed by atoms with Crippen LogP contribution in [-0.4, -0.2) is 8.42 Å². The summed E-state index contributed by atoms with van der Waals surface area (Å²) in [5, 5.41) is 9.04. The molecule has 2 aromatic carbocycles. The van der Waals surface area contributed by atoms with E-state index >= 15 is 0 Å². The van der Waals surface area contributed by atoms with Gasteiger partial charge in [0.2, 0.25) is 10.0 Å². The quantitative estimate of drug-likeness (QED) is 0.904. The lowest BCUT2D eigenvalue weighted by molar-refractivity contribution is 0.597. The molecule has 2 rings (SSSR count). The Kier molecular flexibility index (Phi) is 4.56. The molecule has 0 amide bonds. The molecular weight excluding hydrogens is 308 g/mol. The Balaban J connectivity index is 2.20. The van der Waals surface area contributed by atoms with E-state index in [1.165, 1.54) is 12.1 Å². The fourth-order valence-corrected chi connectivity index (χ4v) is 2.70. The third kappa shape index (κ3) is 3.97. The summed E-state index contributed by atoms with van der Waals surface area (Å²) in [6, 6.07) is 12.2. The normalized spacial score (nSPS) is 13.0. The van der Waals surface area contributed by atoms with E-state index in [-0.39, 0.29) is 10.9 Å². The minimum atomic E-state index is -3.66. The number of nitrogens with one attached hydrogen (secondary N) is 1. The van der Waals surface area contributed by atoms with Crippen LogP contribution in [0.3, 0.4) is 0 Å². The highest BCUT2D eigenvalue weighted by Crippen LogP contribution is 2.27. The SMILES string of the molecule is Cc1ccc(Cl)c(NC(C)c2ccc(S(N)(=O)=O)cc2)c1. The Hall–Kier alpha value is -1.56. The van der Waals surface area contributed by atoms with Crippen LogP contribution in [0.15, 0.2) is 47.4 Å². The van der Waals surface area contributed by atoms with E-state index in [2.05, 4.69) is 5.32 Å². The number of halogens is 1. The first-order chi connectivity index (χ1) is 9.77. The fraction of sp³-hybridized carbons (Fsp3) is 0.200. The number of hydrogen-bond donors (Lipinski definition) is 2. The fourth-order valence-electron chi connectivity index (χ4n) is 2.01. The van der Waals surface area contributed by atoms with Crippen molar-refractivity contribution in [2.45, 2.75) is 24.8 Å². The van der Waals surface area contributed by atoms with Gasteiger partial charge in [-0.05, 0) is 49.2 Å². The van der Waals surface area contributed by atoms with Crippen LogP contribution in [0.5, 0.6) is 0 Å². The second-order valence-electron chi connectivity index (χ2n) is 4.96. The molecule has 3 N–H and O–H groups in total. The molecule has 1 unspecified atom stereocenters. The molecule has 0 aliphatic carbocycles. The Morgan fingerprint density at radius 3 is 2.33 bits per heavy atom. The van der Waals surface area contributed by atoms with Crippen LogP contribution in [0.4, 0.5) is 5.69 Å². The minimum Gasteiger partial charge on any atom is -0.377 e. The van der Waals surface area contributed by atoms with Crippen molar-refractivity contribution >= 4 is 27.3 Å². The van der Waals surface area contributed by atoms with Crippen LogP contribution in [-0.2, 0) is 10.0 Å². The summed E-state index contributed by atoms with van der Waals surface area (Å²) < 4.78 is 22.5. The van der Waals surface area contributed by atoms with Gasteiger partial charge in [-0.15, -0.1) is 0 Å². The summed E-state index contributed by atoms with van der Waals surface area (Å²) in [4.78, 5) is 0.104. The first-order valence-electron chi connectivity index (χ1n) is 6.43. The topological polar surface area (TPSA) is 72.2 Å². The van der Waals surface area contributed by atoms with E-state index in [0.717, 1.165) is 16.8 Å². The highest BCUT2D eigenvalue weighted by atomic mass is 35.5. The lowest BCUT2D eigenvalue weighted by atomic mass is 10.1. The number of anilines is 1. The van der Waals surface area contributed by atoms with E-state index in [4.69, 9.17) is 16.7 Å². The molecule has 0 aromatic heterocycles. The molecule has 0 saturated carbocycles.